The molecule has 126 valence electrons. The third-order valence-corrected chi connectivity index (χ3v) is 3.20. The molecular formula is C12H21N3O7. The first-order valence-electron chi connectivity index (χ1n) is 6.70. The molecule has 1 rings (SSSR count). The van der Waals surface area contributed by atoms with Gasteiger partial charge in [0, 0.05) is 13.3 Å². The van der Waals surface area contributed by atoms with E-state index in [0.717, 1.165) is 0 Å². The van der Waals surface area contributed by atoms with Crippen molar-refractivity contribution < 1.29 is 34.4 Å². The van der Waals surface area contributed by atoms with Gasteiger partial charge in [0.25, 0.3) is 0 Å². The lowest BCUT2D eigenvalue weighted by Gasteiger charge is -2.42. The number of carbonyl (C=O) groups excluding carboxylic acids is 3. The number of aldehydes is 1. The standard InChI is InChI=1S/C12H21N3O7/c1-5(18)14-9-11(21)10(20)7(4-17)22-12(9)15-8(19)2-6(13)3-16/h3,6-7,9-12,17,20-21H,2,4,13H2,1H3,(H,14,18)(H,15,19)/t6-,7?,9?,10?,11?,12?/m0/s1. The normalized spacial score (nSPS) is 32.9. The Bertz CT molecular complexity index is 420. The highest BCUT2D eigenvalue weighted by atomic mass is 16.5. The van der Waals surface area contributed by atoms with E-state index < -0.39 is 55.0 Å². The van der Waals surface area contributed by atoms with Crippen LogP contribution >= 0.6 is 0 Å². The van der Waals surface area contributed by atoms with Crippen LogP contribution in [0.25, 0.3) is 0 Å². The summed E-state index contributed by atoms with van der Waals surface area (Å²) in [4.78, 5) is 33.4. The molecule has 0 saturated carbocycles. The minimum absolute atomic E-state index is 0.307. The van der Waals surface area contributed by atoms with Gasteiger partial charge in [-0.1, -0.05) is 0 Å². The zero-order valence-electron chi connectivity index (χ0n) is 12.0. The lowest BCUT2D eigenvalue weighted by atomic mass is 9.95. The molecule has 2 amide bonds. The summed E-state index contributed by atoms with van der Waals surface area (Å²) in [5, 5.41) is 33.6. The molecule has 0 aromatic heterocycles. The predicted octanol–water partition coefficient (Wildman–Crippen LogP) is -4.04. The van der Waals surface area contributed by atoms with E-state index in [9.17, 15) is 24.6 Å². The first kappa shape index (κ1) is 18.5. The van der Waals surface area contributed by atoms with Crippen LogP contribution in [-0.2, 0) is 19.1 Å². The fourth-order valence-electron chi connectivity index (χ4n) is 2.12. The summed E-state index contributed by atoms with van der Waals surface area (Å²) in [6.07, 6.45) is -5.12. The Kier molecular flexibility index (Phi) is 6.84. The third kappa shape index (κ3) is 4.71. The Balaban J connectivity index is 2.82. The second kappa shape index (κ2) is 8.15. The topological polar surface area (TPSA) is 171 Å². The van der Waals surface area contributed by atoms with E-state index in [4.69, 9.17) is 15.6 Å². The van der Waals surface area contributed by atoms with Crippen molar-refractivity contribution in [3.8, 4) is 0 Å². The second-order valence-electron chi connectivity index (χ2n) is 5.06. The molecule has 10 nitrogen and oxygen atoms in total. The van der Waals surface area contributed by atoms with E-state index in [1.807, 2.05) is 0 Å². The van der Waals surface area contributed by atoms with E-state index >= 15 is 0 Å². The van der Waals surface area contributed by atoms with Gasteiger partial charge >= 0.3 is 0 Å². The summed E-state index contributed by atoms with van der Waals surface area (Å²) in [5.74, 6) is -1.15. The van der Waals surface area contributed by atoms with Crippen LogP contribution in [0.1, 0.15) is 13.3 Å². The number of aliphatic hydroxyl groups excluding tert-OH is 3. The molecule has 10 heteroatoms. The zero-order valence-corrected chi connectivity index (χ0v) is 12.0. The summed E-state index contributed by atoms with van der Waals surface area (Å²) in [5.41, 5.74) is 5.33. The average molecular weight is 319 g/mol. The SMILES string of the molecule is CC(=O)NC1C(NC(=O)C[C@H](N)C=O)OC(CO)C(O)C1O. The largest absolute Gasteiger partial charge is 0.394 e. The first-order valence-corrected chi connectivity index (χ1v) is 6.70. The summed E-state index contributed by atoms with van der Waals surface area (Å²) in [6, 6.07) is -2.11. The molecule has 0 aliphatic carbocycles. The molecular weight excluding hydrogens is 298 g/mol. The van der Waals surface area contributed by atoms with Gasteiger partial charge in [0.05, 0.1) is 12.6 Å². The molecule has 1 heterocycles. The van der Waals surface area contributed by atoms with Crippen LogP contribution in [0, 0.1) is 0 Å². The molecule has 7 N–H and O–H groups in total. The van der Waals surface area contributed by atoms with Crippen molar-refractivity contribution >= 4 is 18.1 Å². The van der Waals surface area contributed by atoms with E-state index in [1.54, 1.807) is 0 Å². The lowest BCUT2D eigenvalue weighted by Crippen LogP contribution is -2.68. The molecule has 22 heavy (non-hydrogen) atoms. The summed E-state index contributed by atoms with van der Waals surface area (Å²) in [7, 11) is 0. The van der Waals surface area contributed by atoms with Gasteiger partial charge in [-0.05, 0) is 0 Å². The van der Waals surface area contributed by atoms with E-state index in [-0.39, 0.29) is 6.42 Å². The highest BCUT2D eigenvalue weighted by Crippen LogP contribution is 2.20. The van der Waals surface area contributed by atoms with Crippen LogP contribution < -0.4 is 16.4 Å². The Morgan fingerprint density at radius 1 is 1.32 bits per heavy atom. The monoisotopic (exact) mass is 319 g/mol. The van der Waals surface area contributed by atoms with Crippen molar-refractivity contribution in [3.05, 3.63) is 0 Å². The molecule has 1 aliphatic heterocycles. The van der Waals surface area contributed by atoms with Gasteiger partial charge in [-0.15, -0.1) is 0 Å². The second-order valence-corrected chi connectivity index (χ2v) is 5.06. The van der Waals surface area contributed by atoms with Crippen LogP contribution in [-0.4, -0.2) is 76.7 Å². The Hall–Kier alpha value is -1.59. The Labute approximate surface area is 126 Å². The van der Waals surface area contributed by atoms with Crippen molar-refractivity contribution in [2.75, 3.05) is 6.61 Å². The summed E-state index contributed by atoms with van der Waals surface area (Å²) >= 11 is 0. The fourth-order valence-corrected chi connectivity index (χ4v) is 2.12. The molecule has 0 aromatic carbocycles. The number of hydrogen-bond donors (Lipinski definition) is 6. The smallest absolute Gasteiger partial charge is 0.224 e. The van der Waals surface area contributed by atoms with Crippen molar-refractivity contribution in [3.63, 3.8) is 0 Å². The maximum absolute atomic E-state index is 11.7. The maximum atomic E-state index is 11.7. The van der Waals surface area contributed by atoms with Gasteiger partial charge in [-0.25, -0.2) is 0 Å². The number of ether oxygens (including phenoxy) is 1. The summed E-state index contributed by atoms with van der Waals surface area (Å²) in [6.45, 7) is 0.601. The minimum Gasteiger partial charge on any atom is -0.394 e. The number of hydrogen-bond acceptors (Lipinski definition) is 8. The van der Waals surface area contributed by atoms with Crippen molar-refractivity contribution in [1.29, 1.82) is 0 Å². The van der Waals surface area contributed by atoms with Crippen LogP contribution in [0.2, 0.25) is 0 Å². The number of amides is 2. The van der Waals surface area contributed by atoms with Gasteiger partial charge in [-0.2, -0.15) is 0 Å². The number of nitrogens with two attached hydrogens (primary N) is 1. The van der Waals surface area contributed by atoms with Gasteiger partial charge in [0.1, 0.15) is 30.6 Å². The molecule has 1 fully saturated rings. The van der Waals surface area contributed by atoms with E-state index in [2.05, 4.69) is 10.6 Å². The van der Waals surface area contributed by atoms with Gasteiger partial charge in [0.15, 0.2) is 6.23 Å². The van der Waals surface area contributed by atoms with E-state index in [0.29, 0.717) is 6.29 Å². The molecule has 5 unspecified atom stereocenters. The van der Waals surface area contributed by atoms with Crippen molar-refractivity contribution in [2.45, 2.75) is 50.0 Å². The van der Waals surface area contributed by atoms with Crippen LogP contribution in [0.4, 0.5) is 0 Å². The van der Waals surface area contributed by atoms with E-state index in [1.165, 1.54) is 6.92 Å². The lowest BCUT2D eigenvalue weighted by molar-refractivity contribution is -0.203. The molecule has 6 atom stereocenters. The number of aliphatic hydroxyl groups is 3. The minimum atomic E-state index is -1.46. The zero-order chi connectivity index (χ0) is 16.9. The third-order valence-electron chi connectivity index (χ3n) is 3.20. The Morgan fingerprint density at radius 3 is 2.45 bits per heavy atom. The average Bonchev–Trinajstić information content (AvgIpc) is 2.46. The quantitative estimate of drug-likeness (QED) is 0.269. The van der Waals surface area contributed by atoms with Gasteiger partial charge in [-0.3, -0.25) is 9.59 Å². The van der Waals surface area contributed by atoms with Crippen molar-refractivity contribution in [1.82, 2.24) is 10.6 Å². The van der Waals surface area contributed by atoms with Crippen molar-refractivity contribution in [2.24, 2.45) is 5.73 Å². The highest BCUT2D eigenvalue weighted by Gasteiger charge is 2.45. The summed E-state index contributed by atoms with van der Waals surface area (Å²) < 4.78 is 5.28. The highest BCUT2D eigenvalue weighted by molar-refractivity contribution is 5.80. The fraction of sp³-hybridized carbons (Fsp3) is 0.750. The Morgan fingerprint density at radius 2 is 1.95 bits per heavy atom. The van der Waals surface area contributed by atoms with Crippen LogP contribution in [0.3, 0.4) is 0 Å². The van der Waals surface area contributed by atoms with Crippen LogP contribution in [0.5, 0.6) is 0 Å². The number of rotatable bonds is 6. The first-order chi connectivity index (χ1) is 10.3. The predicted molar refractivity (Wildman–Crippen MR) is 72.2 cm³/mol. The molecule has 0 radical (unpaired) electrons. The molecule has 0 aromatic rings. The number of carbonyl (C=O) groups is 3. The molecule has 1 saturated heterocycles. The molecule has 1 aliphatic rings. The van der Waals surface area contributed by atoms with Gasteiger partial charge < -0.3 is 41.2 Å². The van der Waals surface area contributed by atoms with Gasteiger partial charge in [0.2, 0.25) is 11.8 Å². The molecule has 0 spiro atoms. The van der Waals surface area contributed by atoms with Crippen LogP contribution in [0.15, 0.2) is 0 Å². The maximum Gasteiger partial charge on any atom is 0.224 e. The number of nitrogens with one attached hydrogen (secondary N) is 2. The molecule has 0 bridgehead atoms.